The van der Waals surface area contributed by atoms with Gasteiger partial charge >= 0.3 is 0 Å². The van der Waals surface area contributed by atoms with E-state index >= 15 is 0 Å². The van der Waals surface area contributed by atoms with E-state index in [1.54, 1.807) is 0 Å². The third kappa shape index (κ3) is 9.04. The van der Waals surface area contributed by atoms with Crippen LogP contribution in [-0.4, -0.2) is 54.7 Å². The molecule has 3 amide bonds. The molecule has 1 aromatic carbocycles. The lowest BCUT2D eigenvalue weighted by molar-refractivity contribution is -0.139. The van der Waals surface area contributed by atoms with Crippen LogP contribution in [0.2, 0.25) is 0 Å². The smallest absolute Gasteiger partial charge is 0.289 e. The van der Waals surface area contributed by atoms with Gasteiger partial charge in [0.1, 0.15) is 0 Å². The van der Waals surface area contributed by atoms with Crippen LogP contribution in [0.3, 0.4) is 0 Å². The Morgan fingerprint density at radius 1 is 1.08 bits per heavy atom. The number of rotatable bonds is 13. The monoisotopic (exact) mass is 498 g/mol. The van der Waals surface area contributed by atoms with Crippen molar-refractivity contribution < 1.29 is 19.2 Å². The van der Waals surface area contributed by atoms with Crippen LogP contribution < -0.4 is 21.3 Å². The molecule has 0 aromatic heterocycles. The normalized spacial score (nSPS) is 20.2. The van der Waals surface area contributed by atoms with Crippen LogP contribution in [0.1, 0.15) is 77.7 Å². The molecule has 2 fully saturated rings. The molecule has 1 aliphatic heterocycles. The van der Waals surface area contributed by atoms with Crippen molar-refractivity contribution in [1.29, 1.82) is 0 Å². The van der Waals surface area contributed by atoms with Gasteiger partial charge in [0.2, 0.25) is 17.6 Å². The zero-order valence-corrected chi connectivity index (χ0v) is 22.1. The first-order valence-electron chi connectivity index (χ1n) is 13.2. The predicted molar refractivity (Wildman–Crippen MR) is 139 cm³/mol. The molecule has 8 nitrogen and oxygen atoms in total. The largest absolute Gasteiger partial charge is 0.356 e. The van der Waals surface area contributed by atoms with Crippen LogP contribution in [0.15, 0.2) is 30.3 Å². The van der Waals surface area contributed by atoms with Crippen LogP contribution >= 0.6 is 0 Å². The van der Waals surface area contributed by atoms with Crippen molar-refractivity contribution in [3.8, 4) is 0 Å². The van der Waals surface area contributed by atoms with E-state index in [1.165, 1.54) is 0 Å². The molecule has 0 bridgehead atoms. The van der Waals surface area contributed by atoms with Crippen molar-refractivity contribution in [2.75, 3.05) is 13.1 Å². The third-order valence-corrected chi connectivity index (χ3v) is 6.83. The van der Waals surface area contributed by atoms with E-state index < -0.39 is 17.7 Å². The van der Waals surface area contributed by atoms with E-state index in [9.17, 15) is 19.2 Å². The van der Waals surface area contributed by atoms with Gasteiger partial charge in [0.15, 0.2) is 0 Å². The molecular weight excluding hydrogens is 456 g/mol. The van der Waals surface area contributed by atoms with E-state index in [4.69, 9.17) is 0 Å². The molecule has 1 aliphatic carbocycles. The number of Topliss-reactive ketones (excluding diaryl/α,β-unsaturated/α-hetero) is 1. The minimum absolute atomic E-state index is 0.0491. The van der Waals surface area contributed by atoms with Crippen molar-refractivity contribution in [1.82, 2.24) is 21.3 Å². The van der Waals surface area contributed by atoms with Crippen molar-refractivity contribution in [2.45, 2.75) is 90.3 Å². The number of benzene rings is 1. The Labute approximate surface area is 214 Å². The standard InChI is InChI=1S/C28H42N4O4/c1-18(19-8-6-5-7-9-19)14-24(33)31-22(16-28(2,3)4)17-30-23(15-20-12-13-29-26(20)35)25(34)27(36)32-21-10-11-21/h5-9,18,20-23,30H,10-17H2,1-4H3,(H,29,35)(H,31,33)(H,32,36)/t18-,20-,22-,23?/m0/s1. The quantitative estimate of drug-likeness (QED) is 0.312. The molecule has 2 aliphatic rings. The second-order valence-electron chi connectivity index (χ2n) is 11.6. The van der Waals surface area contributed by atoms with Crippen LogP contribution in [0.5, 0.6) is 0 Å². The lowest BCUT2D eigenvalue weighted by Gasteiger charge is -2.29. The lowest BCUT2D eigenvalue weighted by Crippen LogP contribution is -2.52. The van der Waals surface area contributed by atoms with E-state index in [0.717, 1.165) is 18.4 Å². The first kappa shape index (κ1) is 27.8. The summed E-state index contributed by atoms with van der Waals surface area (Å²) in [6.45, 7) is 9.27. The van der Waals surface area contributed by atoms with Crippen LogP contribution in [0.25, 0.3) is 0 Å². The van der Waals surface area contributed by atoms with Gasteiger partial charge in [-0.1, -0.05) is 58.0 Å². The summed E-state index contributed by atoms with van der Waals surface area (Å²) in [5.41, 5.74) is 1.05. The molecule has 1 saturated heterocycles. The molecule has 0 radical (unpaired) electrons. The second-order valence-corrected chi connectivity index (χ2v) is 11.6. The summed E-state index contributed by atoms with van der Waals surface area (Å²) in [4.78, 5) is 50.7. The molecule has 1 unspecified atom stereocenters. The Hall–Kier alpha value is -2.74. The number of carbonyl (C=O) groups excluding carboxylic acids is 4. The zero-order valence-electron chi connectivity index (χ0n) is 22.1. The summed E-state index contributed by atoms with van der Waals surface area (Å²) in [5, 5.41) is 12.0. The number of ketones is 1. The number of nitrogens with one attached hydrogen (secondary N) is 4. The predicted octanol–water partition coefficient (Wildman–Crippen LogP) is 2.43. The van der Waals surface area contributed by atoms with Gasteiger partial charge in [0.25, 0.3) is 5.91 Å². The minimum Gasteiger partial charge on any atom is -0.356 e. The summed E-state index contributed by atoms with van der Waals surface area (Å²) >= 11 is 0. The van der Waals surface area contributed by atoms with Gasteiger partial charge in [-0.2, -0.15) is 0 Å². The highest BCUT2D eigenvalue weighted by molar-refractivity contribution is 6.38. The SMILES string of the molecule is C[C@@H](CC(=O)N[C@H](CNC(C[C@@H]1CCNC1=O)C(=O)C(=O)NC1CC1)CC(C)(C)C)c1ccccc1. The van der Waals surface area contributed by atoms with Crippen molar-refractivity contribution in [2.24, 2.45) is 11.3 Å². The van der Waals surface area contributed by atoms with Crippen LogP contribution in [-0.2, 0) is 19.2 Å². The molecule has 1 aromatic rings. The summed E-state index contributed by atoms with van der Waals surface area (Å²) in [6, 6.07) is 9.02. The highest BCUT2D eigenvalue weighted by atomic mass is 16.2. The summed E-state index contributed by atoms with van der Waals surface area (Å²) in [7, 11) is 0. The average Bonchev–Trinajstić information content (AvgIpc) is 3.54. The van der Waals surface area contributed by atoms with Crippen molar-refractivity contribution in [3.05, 3.63) is 35.9 Å². The summed E-state index contributed by atoms with van der Waals surface area (Å²) < 4.78 is 0. The molecule has 36 heavy (non-hydrogen) atoms. The maximum atomic E-state index is 13.0. The summed E-state index contributed by atoms with van der Waals surface area (Å²) in [5.74, 6) is -1.49. The first-order valence-corrected chi connectivity index (χ1v) is 13.2. The average molecular weight is 499 g/mol. The van der Waals surface area contributed by atoms with Gasteiger partial charge in [-0.3, -0.25) is 19.2 Å². The van der Waals surface area contributed by atoms with Crippen LogP contribution in [0, 0.1) is 11.3 Å². The molecule has 0 spiro atoms. The first-order chi connectivity index (χ1) is 17.0. The maximum Gasteiger partial charge on any atom is 0.289 e. The Morgan fingerprint density at radius 3 is 2.36 bits per heavy atom. The molecular formula is C28H42N4O4. The third-order valence-electron chi connectivity index (χ3n) is 6.83. The van der Waals surface area contributed by atoms with Crippen molar-refractivity contribution in [3.63, 3.8) is 0 Å². The topological polar surface area (TPSA) is 116 Å². The molecule has 3 rings (SSSR count). The Morgan fingerprint density at radius 2 is 1.78 bits per heavy atom. The second kappa shape index (κ2) is 12.5. The van der Waals surface area contributed by atoms with Crippen molar-refractivity contribution >= 4 is 23.5 Å². The number of carbonyl (C=O) groups is 4. The number of amides is 3. The van der Waals surface area contributed by atoms with Gasteiger partial charge < -0.3 is 21.3 Å². The molecule has 4 atom stereocenters. The number of hydrogen-bond donors (Lipinski definition) is 4. The van der Waals surface area contributed by atoms with Gasteiger partial charge in [-0.15, -0.1) is 0 Å². The summed E-state index contributed by atoms with van der Waals surface area (Å²) in [6.07, 6.45) is 3.76. The Balaban J connectivity index is 1.64. The molecule has 198 valence electrons. The molecule has 4 N–H and O–H groups in total. The van der Waals surface area contributed by atoms with Gasteiger partial charge in [0.05, 0.1) is 6.04 Å². The molecule has 1 saturated carbocycles. The van der Waals surface area contributed by atoms with E-state index in [1.807, 2.05) is 37.3 Å². The van der Waals surface area contributed by atoms with E-state index in [0.29, 0.717) is 32.4 Å². The molecule has 1 heterocycles. The van der Waals surface area contributed by atoms with Gasteiger partial charge in [0, 0.05) is 37.5 Å². The minimum atomic E-state index is -0.778. The highest BCUT2D eigenvalue weighted by Crippen LogP contribution is 2.23. The highest BCUT2D eigenvalue weighted by Gasteiger charge is 2.35. The molecule has 8 heteroatoms. The van der Waals surface area contributed by atoms with Crippen LogP contribution in [0.4, 0.5) is 0 Å². The Bertz CT molecular complexity index is 923. The fourth-order valence-electron chi connectivity index (χ4n) is 4.74. The van der Waals surface area contributed by atoms with Gasteiger partial charge in [-0.05, 0) is 49.0 Å². The zero-order chi connectivity index (χ0) is 26.3. The van der Waals surface area contributed by atoms with E-state index in [2.05, 4.69) is 42.0 Å². The maximum absolute atomic E-state index is 13.0. The van der Waals surface area contributed by atoms with Gasteiger partial charge in [-0.25, -0.2) is 0 Å². The fraction of sp³-hybridized carbons (Fsp3) is 0.643. The fourth-order valence-corrected chi connectivity index (χ4v) is 4.74. The Kier molecular flexibility index (Phi) is 9.65. The number of hydrogen-bond acceptors (Lipinski definition) is 5. The lowest BCUT2D eigenvalue weighted by atomic mass is 9.87. The van der Waals surface area contributed by atoms with E-state index in [-0.39, 0.29) is 47.6 Å².